The molecule has 176 valence electrons. The van der Waals surface area contributed by atoms with Crippen LogP contribution in [0.25, 0.3) is 5.69 Å². The lowest BCUT2D eigenvalue weighted by Crippen LogP contribution is -2.27. The molecule has 0 saturated carbocycles. The molecule has 1 amide bonds. The fraction of sp³-hybridized carbons (Fsp3) is 0.143. The topological polar surface area (TPSA) is 90.3 Å². The minimum Gasteiger partial charge on any atom is -0.461 e. The predicted octanol–water partition coefficient (Wildman–Crippen LogP) is 4.57. The summed E-state index contributed by atoms with van der Waals surface area (Å²) in [4.78, 5) is 38.6. The Hall–Kier alpha value is -4.52. The number of benzene rings is 3. The van der Waals surface area contributed by atoms with Crippen LogP contribution in [0, 0.1) is 0 Å². The number of rotatable bonds is 8. The van der Waals surface area contributed by atoms with Gasteiger partial charge in [-0.05, 0) is 30.2 Å². The first-order valence-corrected chi connectivity index (χ1v) is 11.3. The highest BCUT2D eigenvalue weighted by atomic mass is 16.5. The highest BCUT2D eigenvalue weighted by Gasteiger charge is 2.23. The molecule has 0 aliphatic carbocycles. The molecule has 0 fully saturated rings. The first-order valence-electron chi connectivity index (χ1n) is 11.3. The number of nitrogens with zero attached hydrogens (tertiary/aromatic N) is 2. The summed E-state index contributed by atoms with van der Waals surface area (Å²) >= 11 is 0. The van der Waals surface area contributed by atoms with Gasteiger partial charge in [-0.1, -0.05) is 78.9 Å². The molecule has 1 heterocycles. The smallest absolute Gasteiger partial charge is 0.360 e. The van der Waals surface area contributed by atoms with E-state index in [0.717, 1.165) is 15.8 Å². The minimum atomic E-state index is -0.727. The molecular formula is C28H25N3O4. The van der Waals surface area contributed by atoms with Crippen LogP contribution in [0.4, 0.5) is 5.69 Å². The zero-order valence-corrected chi connectivity index (χ0v) is 19.3. The summed E-state index contributed by atoms with van der Waals surface area (Å²) in [5.41, 5.74) is 1.86. The van der Waals surface area contributed by atoms with Gasteiger partial charge in [-0.3, -0.25) is 9.59 Å². The third kappa shape index (κ3) is 5.70. The molecule has 0 unspecified atom stereocenters. The number of carbonyl (C=O) groups is 2. The van der Waals surface area contributed by atoms with Crippen LogP contribution >= 0.6 is 0 Å². The molecule has 0 spiro atoms. The van der Waals surface area contributed by atoms with E-state index in [1.165, 1.54) is 6.07 Å². The quantitative estimate of drug-likeness (QED) is 0.384. The molecule has 0 aliphatic heterocycles. The van der Waals surface area contributed by atoms with Crippen LogP contribution in [0.15, 0.2) is 102 Å². The Morgan fingerprint density at radius 1 is 0.886 bits per heavy atom. The van der Waals surface area contributed by atoms with Gasteiger partial charge in [-0.2, -0.15) is 9.78 Å². The third-order valence-electron chi connectivity index (χ3n) is 5.47. The van der Waals surface area contributed by atoms with Gasteiger partial charge in [-0.15, -0.1) is 0 Å². The molecule has 0 saturated heterocycles. The zero-order chi connectivity index (χ0) is 24.6. The van der Waals surface area contributed by atoms with Crippen LogP contribution < -0.4 is 10.9 Å². The van der Waals surface area contributed by atoms with Crippen molar-refractivity contribution < 1.29 is 14.3 Å². The van der Waals surface area contributed by atoms with E-state index in [1.54, 1.807) is 31.2 Å². The molecule has 4 aromatic rings. The first kappa shape index (κ1) is 23.6. The summed E-state index contributed by atoms with van der Waals surface area (Å²) in [6.07, 6.45) is 0.109. The summed E-state index contributed by atoms with van der Waals surface area (Å²) in [7, 11) is 0. The van der Waals surface area contributed by atoms with Crippen LogP contribution in [-0.4, -0.2) is 28.3 Å². The monoisotopic (exact) mass is 467 g/mol. The number of hydrogen-bond acceptors (Lipinski definition) is 5. The first-order chi connectivity index (χ1) is 17.1. The molecule has 4 rings (SSSR count). The number of amides is 1. The van der Waals surface area contributed by atoms with Crippen molar-refractivity contribution in [1.82, 2.24) is 9.78 Å². The Morgan fingerprint density at radius 2 is 1.43 bits per heavy atom. The zero-order valence-electron chi connectivity index (χ0n) is 19.3. The maximum Gasteiger partial charge on any atom is 0.360 e. The summed E-state index contributed by atoms with van der Waals surface area (Å²) in [6, 6.07) is 29.4. The van der Waals surface area contributed by atoms with E-state index < -0.39 is 11.5 Å². The molecule has 0 bridgehead atoms. The van der Waals surface area contributed by atoms with E-state index in [4.69, 9.17) is 4.74 Å². The van der Waals surface area contributed by atoms with Crippen molar-refractivity contribution in [2.24, 2.45) is 0 Å². The Kier molecular flexibility index (Phi) is 7.47. The predicted molar refractivity (Wildman–Crippen MR) is 134 cm³/mol. The van der Waals surface area contributed by atoms with Crippen molar-refractivity contribution in [2.45, 2.75) is 19.3 Å². The molecule has 35 heavy (non-hydrogen) atoms. The van der Waals surface area contributed by atoms with Crippen molar-refractivity contribution in [2.75, 3.05) is 11.9 Å². The van der Waals surface area contributed by atoms with Crippen molar-refractivity contribution in [3.63, 3.8) is 0 Å². The van der Waals surface area contributed by atoms with Crippen LogP contribution in [0.3, 0.4) is 0 Å². The maximum atomic E-state index is 13.2. The number of esters is 1. The molecule has 0 atom stereocenters. The van der Waals surface area contributed by atoms with Gasteiger partial charge >= 0.3 is 5.97 Å². The molecule has 7 nitrogen and oxygen atoms in total. The third-order valence-corrected chi connectivity index (χ3v) is 5.47. The average Bonchev–Trinajstić information content (AvgIpc) is 2.89. The minimum absolute atomic E-state index is 0.0190. The molecular weight excluding hydrogens is 442 g/mol. The molecule has 0 radical (unpaired) electrons. The van der Waals surface area contributed by atoms with E-state index in [0.29, 0.717) is 5.69 Å². The number of para-hydroxylation sites is 1. The lowest BCUT2D eigenvalue weighted by atomic mass is 9.88. The Labute approximate surface area is 203 Å². The van der Waals surface area contributed by atoms with Gasteiger partial charge in [0.15, 0.2) is 5.69 Å². The second kappa shape index (κ2) is 11.1. The summed E-state index contributed by atoms with van der Waals surface area (Å²) in [5.74, 6) is -1.29. The molecule has 1 aromatic heterocycles. The summed E-state index contributed by atoms with van der Waals surface area (Å²) in [6.45, 7) is 1.80. The standard InChI is InChI=1S/C28H25N3O4/c1-2-35-28(34)27-24(19-26(33)31(30-27)22-16-10-5-11-17-22)29-25(32)18-23(20-12-6-3-7-13-20)21-14-8-4-9-15-21/h3-17,19,23H,2,18H2,1H3,(H,29,32). The summed E-state index contributed by atoms with van der Waals surface area (Å²) < 4.78 is 6.24. The Morgan fingerprint density at radius 3 is 1.97 bits per heavy atom. The van der Waals surface area contributed by atoms with Gasteiger partial charge in [-0.25, -0.2) is 4.79 Å². The lowest BCUT2D eigenvalue weighted by Gasteiger charge is -2.18. The van der Waals surface area contributed by atoms with Gasteiger partial charge in [0.2, 0.25) is 5.91 Å². The number of carbonyl (C=O) groups excluding carboxylic acids is 2. The highest BCUT2D eigenvalue weighted by Crippen LogP contribution is 2.28. The van der Waals surface area contributed by atoms with Crippen LogP contribution in [0.2, 0.25) is 0 Å². The van der Waals surface area contributed by atoms with Crippen molar-refractivity contribution in [3.8, 4) is 5.69 Å². The number of hydrogen-bond donors (Lipinski definition) is 1. The van der Waals surface area contributed by atoms with Crippen molar-refractivity contribution >= 4 is 17.6 Å². The second-order valence-electron chi connectivity index (χ2n) is 7.84. The molecule has 1 N–H and O–H groups in total. The number of ether oxygens (including phenoxy) is 1. The normalized spacial score (nSPS) is 10.7. The average molecular weight is 468 g/mol. The van der Waals surface area contributed by atoms with Crippen molar-refractivity contribution in [3.05, 3.63) is 124 Å². The Balaban J connectivity index is 1.66. The molecule has 3 aromatic carbocycles. The fourth-order valence-corrected chi connectivity index (χ4v) is 3.84. The largest absolute Gasteiger partial charge is 0.461 e. The van der Waals surface area contributed by atoms with Crippen LogP contribution in [0.5, 0.6) is 0 Å². The van der Waals surface area contributed by atoms with E-state index in [1.807, 2.05) is 66.7 Å². The van der Waals surface area contributed by atoms with E-state index in [-0.39, 0.29) is 36.2 Å². The number of anilines is 1. The Bertz CT molecular complexity index is 1310. The SMILES string of the molecule is CCOC(=O)c1nn(-c2ccccc2)c(=O)cc1NC(=O)CC(c1ccccc1)c1ccccc1. The highest BCUT2D eigenvalue weighted by molar-refractivity contribution is 6.00. The second-order valence-corrected chi connectivity index (χ2v) is 7.84. The van der Waals surface area contributed by atoms with E-state index in [9.17, 15) is 14.4 Å². The van der Waals surface area contributed by atoms with Crippen molar-refractivity contribution in [1.29, 1.82) is 0 Å². The van der Waals surface area contributed by atoms with Gasteiger partial charge in [0.1, 0.15) is 0 Å². The van der Waals surface area contributed by atoms with E-state index >= 15 is 0 Å². The summed E-state index contributed by atoms with van der Waals surface area (Å²) in [5, 5.41) is 6.95. The van der Waals surface area contributed by atoms with Crippen LogP contribution in [-0.2, 0) is 9.53 Å². The number of nitrogens with one attached hydrogen (secondary N) is 1. The van der Waals surface area contributed by atoms with Crippen LogP contribution in [0.1, 0.15) is 40.9 Å². The van der Waals surface area contributed by atoms with E-state index in [2.05, 4.69) is 10.4 Å². The van der Waals surface area contributed by atoms with Gasteiger partial charge < -0.3 is 10.1 Å². The maximum absolute atomic E-state index is 13.2. The molecule has 7 heteroatoms. The lowest BCUT2D eigenvalue weighted by molar-refractivity contribution is -0.116. The fourth-order valence-electron chi connectivity index (χ4n) is 3.84. The number of aromatic nitrogens is 2. The molecule has 0 aliphatic rings. The van der Waals surface area contributed by atoms with Gasteiger partial charge in [0.05, 0.1) is 18.0 Å². The van der Waals surface area contributed by atoms with Gasteiger partial charge in [0.25, 0.3) is 5.56 Å². The van der Waals surface area contributed by atoms with Gasteiger partial charge in [0, 0.05) is 18.4 Å².